The fourth-order valence-electron chi connectivity index (χ4n) is 5.57. The molecule has 9 heteroatoms. The number of halogens is 1. The van der Waals surface area contributed by atoms with Crippen LogP contribution >= 0.6 is 0 Å². The van der Waals surface area contributed by atoms with Crippen molar-refractivity contribution in [1.29, 1.82) is 10.5 Å². The van der Waals surface area contributed by atoms with Crippen molar-refractivity contribution in [3.05, 3.63) is 95.6 Å². The average molecular weight is 563 g/mol. The van der Waals surface area contributed by atoms with Crippen molar-refractivity contribution in [2.75, 3.05) is 14.0 Å². The third-order valence-electron chi connectivity index (χ3n) is 7.56. The third kappa shape index (κ3) is 4.19. The summed E-state index contributed by atoms with van der Waals surface area (Å²) in [4.78, 5) is 18.3. The lowest BCUT2D eigenvalue weighted by atomic mass is 10.0. The molecule has 0 saturated carbocycles. The normalized spacial score (nSPS) is 12.3. The maximum atomic E-state index is 12.5. The quantitative estimate of drug-likeness (QED) is 0.225. The number of fused-ring (bicyclic) bond motifs is 6. The lowest BCUT2D eigenvalue weighted by Crippen LogP contribution is -2.03. The van der Waals surface area contributed by atoms with Crippen molar-refractivity contribution < 1.29 is 13.9 Å². The van der Waals surface area contributed by atoms with E-state index in [1.54, 1.807) is 19.2 Å². The minimum Gasteiger partial charge on any atom is -0.497 e. The minimum absolute atomic E-state index is 0.420. The highest BCUT2D eigenvalue weighted by Crippen LogP contribution is 2.32. The van der Waals surface area contributed by atoms with Crippen molar-refractivity contribution in [2.24, 2.45) is 9.98 Å². The Kier molecular flexibility index (Phi) is 6.19. The number of aromatic nitrogens is 2. The van der Waals surface area contributed by atoms with Crippen molar-refractivity contribution in [3.8, 4) is 46.1 Å². The number of benzene rings is 4. The molecule has 43 heavy (non-hydrogen) atoms. The van der Waals surface area contributed by atoms with Gasteiger partial charge in [-0.15, -0.1) is 0 Å². The van der Waals surface area contributed by atoms with Crippen molar-refractivity contribution >= 4 is 43.6 Å². The molecule has 7 aromatic rings. The van der Waals surface area contributed by atoms with Crippen LogP contribution in [0.2, 0.25) is 0 Å². The maximum absolute atomic E-state index is 12.5. The minimum atomic E-state index is -0.899. The molecule has 0 N–H and O–H groups in total. The van der Waals surface area contributed by atoms with E-state index in [1.807, 2.05) is 85.2 Å². The van der Waals surface area contributed by atoms with Crippen LogP contribution in [-0.2, 0) is 0 Å². The molecule has 0 amide bonds. The van der Waals surface area contributed by atoms with Gasteiger partial charge >= 0.3 is 0 Å². The Bertz CT molecular complexity index is 2410. The smallest absolute Gasteiger partial charge is 0.228 e. The van der Waals surface area contributed by atoms with Gasteiger partial charge in [0.15, 0.2) is 0 Å². The Hall–Kier alpha value is -6.19. The molecule has 1 aromatic heterocycles. The van der Waals surface area contributed by atoms with Crippen LogP contribution in [0, 0.1) is 22.9 Å². The van der Waals surface area contributed by atoms with Crippen LogP contribution in [0.3, 0.4) is 0 Å². The van der Waals surface area contributed by atoms with E-state index in [1.165, 1.54) is 0 Å². The molecule has 0 aliphatic rings. The van der Waals surface area contributed by atoms with Crippen LogP contribution in [0.15, 0.2) is 94.9 Å². The number of ether oxygens (including phenoxy) is 2. The van der Waals surface area contributed by atoms with Gasteiger partial charge < -0.3 is 9.47 Å². The third-order valence-corrected chi connectivity index (χ3v) is 7.56. The number of rotatable bonds is 5. The van der Waals surface area contributed by atoms with Crippen LogP contribution in [0.5, 0.6) is 11.5 Å². The van der Waals surface area contributed by atoms with Gasteiger partial charge in [-0.3, -0.25) is 0 Å². The predicted molar refractivity (Wildman–Crippen MR) is 161 cm³/mol. The molecule has 0 fully saturated rings. The second-order valence-corrected chi connectivity index (χ2v) is 9.77. The molecule has 0 bridgehead atoms. The zero-order chi connectivity index (χ0) is 29.5. The van der Waals surface area contributed by atoms with Gasteiger partial charge in [-0.1, -0.05) is 48.5 Å². The number of nitrogens with zero attached hydrogens (tertiary/aromatic N) is 6. The van der Waals surface area contributed by atoms with E-state index < -0.39 is 6.86 Å². The maximum Gasteiger partial charge on any atom is 0.228 e. The summed E-state index contributed by atoms with van der Waals surface area (Å²) in [6, 6.07) is 26.5. The van der Waals surface area contributed by atoms with E-state index in [9.17, 15) is 14.9 Å². The number of hydrogen-bond donors (Lipinski definition) is 0. The standard InChI is InChI=1S/C34H19FN6O2/c1-42-23-8-2-19(3-9-23)21-6-12-25-27(14-21)29(38-17-36)33-31(25)40-34-30(39-18-37)28-15-22(7-13-26(28)32(34)41-33)20-4-10-24(11-5-20)43-16-35/h2-15H,16H2,1H3. The summed E-state index contributed by atoms with van der Waals surface area (Å²) in [6.45, 7) is -0.899. The molecule has 0 saturated heterocycles. The molecule has 0 unspecified atom stereocenters. The van der Waals surface area contributed by atoms with Crippen LogP contribution in [0.4, 0.5) is 4.39 Å². The topological polar surface area (TPSA) is 117 Å². The van der Waals surface area contributed by atoms with Crippen molar-refractivity contribution in [1.82, 2.24) is 9.97 Å². The first-order chi connectivity index (χ1) is 21.1. The molecule has 8 nitrogen and oxygen atoms in total. The largest absolute Gasteiger partial charge is 0.497 e. The first kappa shape index (κ1) is 25.8. The van der Waals surface area contributed by atoms with Crippen LogP contribution in [-0.4, -0.2) is 23.9 Å². The zero-order valence-electron chi connectivity index (χ0n) is 22.7. The van der Waals surface area contributed by atoms with Crippen LogP contribution in [0.25, 0.3) is 65.9 Å². The molecule has 1 heterocycles. The van der Waals surface area contributed by atoms with Crippen molar-refractivity contribution in [3.63, 3.8) is 0 Å². The lowest BCUT2D eigenvalue weighted by molar-refractivity contribution is 0.192. The van der Waals surface area contributed by atoms with E-state index in [0.29, 0.717) is 38.5 Å². The second-order valence-electron chi connectivity index (χ2n) is 9.77. The van der Waals surface area contributed by atoms with Gasteiger partial charge in [0.1, 0.15) is 33.2 Å². The Morgan fingerprint density at radius 3 is 1.47 bits per heavy atom. The Morgan fingerprint density at radius 2 is 1.05 bits per heavy atom. The molecule has 204 valence electrons. The molecule has 7 rings (SSSR count). The van der Waals surface area contributed by atoms with E-state index in [2.05, 4.69) is 9.98 Å². The highest BCUT2D eigenvalue weighted by Gasteiger charge is 2.19. The molecule has 0 spiro atoms. The number of alkyl halides is 1. The molecular formula is C34H19FN6O2. The monoisotopic (exact) mass is 562 g/mol. The SMILES string of the molecule is COc1ccc(-c2ccc3c(c2)c(=NC#N)c2nc4c(nc23)c(=NC#N)c2cc(-c3ccc(OCF)cc3)ccc24)cc1. The molecule has 0 aliphatic heterocycles. The molecular weight excluding hydrogens is 543 g/mol. The van der Waals surface area contributed by atoms with Gasteiger partial charge in [0.2, 0.25) is 19.2 Å². The van der Waals surface area contributed by atoms with Gasteiger partial charge in [-0.2, -0.15) is 20.5 Å². The van der Waals surface area contributed by atoms with Gasteiger partial charge in [-0.25, -0.2) is 14.4 Å². The Labute approximate surface area is 243 Å². The van der Waals surface area contributed by atoms with Gasteiger partial charge in [0.25, 0.3) is 0 Å². The van der Waals surface area contributed by atoms with Gasteiger partial charge in [0.05, 0.1) is 18.1 Å². The number of nitriles is 2. The summed E-state index contributed by atoms with van der Waals surface area (Å²) in [7, 11) is 1.62. The number of hydrogen-bond acceptors (Lipinski definition) is 8. The van der Waals surface area contributed by atoms with Crippen molar-refractivity contribution in [2.45, 2.75) is 0 Å². The zero-order valence-corrected chi connectivity index (χ0v) is 22.7. The average Bonchev–Trinajstić information content (AvgIpc) is 3.51. The second kappa shape index (κ2) is 10.3. The first-order valence-electron chi connectivity index (χ1n) is 13.2. The van der Waals surface area contributed by atoms with Gasteiger partial charge in [0, 0.05) is 21.5 Å². The van der Waals surface area contributed by atoms with E-state index in [0.717, 1.165) is 49.5 Å². The Morgan fingerprint density at radius 1 is 0.605 bits per heavy atom. The number of methoxy groups -OCH3 is 1. The van der Waals surface area contributed by atoms with E-state index >= 15 is 0 Å². The molecule has 6 aromatic carbocycles. The highest BCUT2D eigenvalue weighted by atomic mass is 19.1. The summed E-state index contributed by atoms with van der Waals surface area (Å²) in [5.41, 5.74) is 5.81. The van der Waals surface area contributed by atoms with Gasteiger partial charge in [-0.05, 0) is 58.7 Å². The molecule has 0 radical (unpaired) electrons. The fraction of sp³-hybridized carbons (Fsp3) is 0.0588. The molecule has 0 atom stereocenters. The first-order valence-corrected chi connectivity index (χ1v) is 13.2. The Balaban J connectivity index is 1.47. The highest BCUT2D eigenvalue weighted by molar-refractivity contribution is 6.15. The summed E-state index contributed by atoms with van der Waals surface area (Å²) < 4.78 is 22.7. The lowest BCUT2D eigenvalue weighted by Gasteiger charge is -2.05. The predicted octanol–water partition coefficient (Wildman–Crippen LogP) is 6.38. The van der Waals surface area contributed by atoms with E-state index in [-0.39, 0.29) is 0 Å². The summed E-state index contributed by atoms with van der Waals surface area (Å²) >= 11 is 0. The summed E-state index contributed by atoms with van der Waals surface area (Å²) in [5.74, 6) is 1.19. The fourth-order valence-corrected chi connectivity index (χ4v) is 5.57. The van der Waals surface area contributed by atoms with Crippen LogP contribution in [0.1, 0.15) is 0 Å². The van der Waals surface area contributed by atoms with Crippen LogP contribution < -0.4 is 20.2 Å². The van der Waals surface area contributed by atoms with E-state index in [4.69, 9.17) is 19.4 Å². The molecule has 0 aliphatic carbocycles. The summed E-state index contributed by atoms with van der Waals surface area (Å²) in [6.07, 6.45) is 3.84. The summed E-state index contributed by atoms with van der Waals surface area (Å²) in [5, 5.41) is 23.1.